The van der Waals surface area contributed by atoms with Crippen molar-refractivity contribution in [2.24, 2.45) is 0 Å². The van der Waals surface area contributed by atoms with Crippen molar-refractivity contribution >= 4 is 5.69 Å². The maximum Gasteiger partial charge on any atom is 0.163 e. The summed E-state index contributed by atoms with van der Waals surface area (Å²) in [4.78, 5) is 4.44. The molecule has 0 bridgehead atoms. The van der Waals surface area contributed by atoms with Gasteiger partial charge in [0.05, 0.1) is 13.2 Å². The predicted octanol–water partition coefficient (Wildman–Crippen LogP) is 2.21. The smallest absolute Gasteiger partial charge is 0.163 e. The first kappa shape index (κ1) is 14.1. The molecule has 2 aromatic rings. The Morgan fingerprint density at radius 2 is 2.19 bits per heavy atom. The number of hydrogen-bond donors (Lipinski definition) is 1. The van der Waals surface area contributed by atoms with Crippen LogP contribution in [0.5, 0.6) is 0 Å². The quantitative estimate of drug-likeness (QED) is 0.876. The lowest BCUT2D eigenvalue weighted by Crippen LogP contribution is -2.24. The van der Waals surface area contributed by atoms with Crippen molar-refractivity contribution in [2.75, 3.05) is 12.3 Å². The molecule has 2 heterocycles. The third-order valence-electron chi connectivity index (χ3n) is 3.67. The molecule has 1 aromatic heterocycles. The normalized spacial score (nSPS) is 20.8. The van der Waals surface area contributed by atoms with E-state index in [1.54, 1.807) is 0 Å². The molecule has 1 aliphatic heterocycles. The largest absolute Gasteiger partial charge is 0.398 e. The average Bonchev–Trinajstić information content (AvgIpc) is 3.00. The second-order valence-electron chi connectivity index (χ2n) is 5.82. The molecule has 2 N–H and O–H groups in total. The predicted molar refractivity (Wildman–Crippen MR) is 80.8 cm³/mol. The van der Waals surface area contributed by atoms with Crippen LogP contribution in [0.1, 0.15) is 25.2 Å². The van der Waals surface area contributed by atoms with Crippen LogP contribution in [-0.4, -0.2) is 28.0 Å². The fraction of sp³-hybridized carbons (Fsp3) is 0.438. The summed E-state index contributed by atoms with van der Waals surface area (Å²) in [6, 6.07) is 7.89. The number of nitrogens with zero attached hydrogens (tertiary/aromatic N) is 2. The SMILES string of the molecule is CC1(C)OCC(Cn2ccnc2Cc2ccccc2N)O1. The van der Waals surface area contributed by atoms with Gasteiger partial charge in [-0.25, -0.2) is 4.98 Å². The van der Waals surface area contributed by atoms with Crippen molar-refractivity contribution in [3.8, 4) is 0 Å². The number of anilines is 1. The molecule has 1 unspecified atom stereocenters. The van der Waals surface area contributed by atoms with Crippen molar-refractivity contribution in [2.45, 2.75) is 38.7 Å². The minimum Gasteiger partial charge on any atom is -0.398 e. The van der Waals surface area contributed by atoms with Gasteiger partial charge in [0.1, 0.15) is 11.9 Å². The van der Waals surface area contributed by atoms with Gasteiger partial charge in [-0.3, -0.25) is 0 Å². The number of para-hydroxylation sites is 1. The molecule has 1 atom stereocenters. The number of imidazole rings is 1. The molecule has 0 spiro atoms. The second kappa shape index (κ2) is 5.50. The Labute approximate surface area is 124 Å². The maximum atomic E-state index is 6.00. The first-order valence-corrected chi connectivity index (χ1v) is 7.19. The molecular weight excluding hydrogens is 266 g/mol. The first-order valence-electron chi connectivity index (χ1n) is 7.19. The zero-order valence-corrected chi connectivity index (χ0v) is 12.5. The number of ether oxygens (including phenoxy) is 2. The summed E-state index contributed by atoms with van der Waals surface area (Å²) in [6.45, 7) is 5.22. The van der Waals surface area contributed by atoms with Gasteiger partial charge >= 0.3 is 0 Å². The highest BCUT2D eigenvalue weighted by molar-refractivity contribution is 5.47. The molecule has 112 valence electrons. The van der Waals surface area contributed by atoms with Crippen LogP contribution in [0.4, 0.5) is 5.69 Å². The number of nitrogen functional groups attached to an aromatic ring is 1. The van der Waals surface area contributed by atoms with Gasteiger partial charge in [-0.05, 0) is 25.5 Å². The summed E-state index contributed by atoms with van der Waals surface area (Å²) in [6.07, 6.45) is 4.57. The molecule has 0 amide bonds. The summed E-state index contributed by atoms with van der Waals surface area (Å²) < 4.78 is 13.6. The van der Waals surface area contributed by atoms with Crippen LogP contribution < -0.4 is 5.73 Å². The average molecular weight is 287 g/mol. The van der Waals surface area contributed by atoms with Crippen LogP contribution in [0.2, 0.25) is 0 Å². The van der Waals surface area contributed by atoms with Gasteiger partial charge in [-0.2, -0.15) is 0 Å². The Hall–Kier alpha value is -1.85. The Morgan fingerprint density at radius 1 is 1.38 bits per heavy atom. The summed E-state index contributed by atoms with van der Waals surface area (Å²) >= 11 is 0. The topological polar surface area (TPSA) is 62.3 Å². The number of nitrogens with two attached hydrogens (primary N) is 1. The summed E-state index contributed by atoms with van der Waals surface area (Å²) in [7, 11) is 0. The Morgan fingerprint density at radius 3 is 2.90 bits per heavy atom. The molecular formula is C16H21N3O2. The molecule has 0 radical (unpaired) electrons. The Bertz CT molecular complexity index is 621. The van der Waals surface area contributed by atoms with Gasteiger partial charge < -0.3 is 19.8 Å². The van der Waals surface area contributed by atoms with Gasteiger partial charge in [0, 0.05) is 24.5 Å². The second-order valence-corrected chi connectivity index (χ2v) is 5.82. The van der Waals surface area contributed by atoms with Gasteiger partial charge in [0.25, 0.3) is 0 Å². The maximum absolute atomic E-state index is 6.00. The molecule has 21 heavy (non-hydrogen) atoms. The van der Waals surface area contributed by atoms with Crippen LogP contribution in [0.3, 0.4) is 0 Å². The van der Waals surface area contributed by atoms with E-state index in [1.165, 1.54) is 0 Å². The van der Waals surface area contributed by atoms with E-state index in [0.717, 1.165) is 30.0 Å². The van der Waals surface area contributed by atoms with Crippen molar-refractivity contribution in [3.05, 3.63) is 48.0 Å². The van der Waals surface area contributed by atoms with Crippen LogP contribution in [-0.2, 0) is 22.4 Å². The van der Waals surface area contributed by atoms with Crippen LogP contribution in [0, 0.1) is 0 Å². The van der Waals surface area contributed by atoms with E-state index in [9.17, 15) is 0 Å². The summed E-state index contributed by atoms with van der Waals surface area (Å²) in [5, 5.41) is 0. The van der Waals surface area contributed by atoms with Crippen molar-refractivity contribution < 1.29 is 9.47 Å². The number of hydrogen-bond acceptors (Lipinski definition) is 4. The molecule has 3 rings (SSSR count). The zero-order chi connectivity index (χ0) is 14.9. The van der Waals surface area contributed by atoms with Crippen molar-refractivity contribution in [3.63, 3.8) is 0 Å². The molecule has 1 saturated heterocycles. The molecule has 1 aliphatic rings. The Kier molecular flexibility index (Phi) is 3.69. The van der Waals surface area contributed by atoms with E-state index in [1.807, 2.05) is 50.5 Å². The van der Waals surface area contributed by atoms with Crippen molar-refractivity contribution in [1.29, 1.82) is 0 Å². The lowest BCUT2D eigenvalue weighted by molar-refractivity contribution is -0.139. The number of aromatic nitrogens is 2. The lowest BCUT2D eigenvalue weighted by Gasteiger charge is -2.18. The zero-order valence-electron chi connectivity index (χ0n) is 12.5. The highest BCUT2D eigenvalue weighted by Crippen LogP contribution is 2.24. The molecule has 1 aromatic carbocycles. The molecule has 5 nitrogen and oxygen atoms in total. The Balaban J connectivity index is 1.71. The van der Waals surface area contributed by atoms with Crippen molar-refractivity contribution in [1.82, 2.24) is 9.55 Å². The lowest BCUT2D eigenvalue weighted by atomic mass is 10.1. The standard InChI is InChI=1S/C16H21N3O2/c1-16(2)20-11-13(21-16)10-19-8-7-18-15(19)9-12-5-3-4-6-14(12)17/h3-8,13H,9-11,17H2,1-2H3. The van der Waals surface area contributed by atoms with Crippen LogP contribution in [0.15, 0.2) is 36.7 Å². The minimum absolute atomic E-state index is 0.0565. The third kappa shape index (κ3) is 3.25. The highest BCUT2D eigenvalue weighted by atomic mass is 16.7. The van der Waals surface area contributed by atoms with E-state index in [-0.39, 0.29) is 6.10 Å². The number of rotatable bonds is 4. The third-order valence-corrected chi connectivity index (χ3v) is 3.67. The first-order chi connectivity index (χ1) is 10.0. The minimum atomic E-state index is -0.491. The van der Waals surface area contributed by atoms with Crippen LogP contribution in [0.25, 0.3) is 0 Å². The van der Waals surface area contributed by atoms with Crippen LogP contribution >= 0.6 is 0 Å². The summed E-state index contributed by atoms with van der Waals surface area (Å²) in [5.41, 5.74) is 7.90. The van der Waals surface area contributed by atoms with E-state index >= 15 is 0 Å². The fourth-order valence-corrected chi connectivity index (χ4v) is 2.61. The highest BCUT2D eigenvalue weighted by Gasteiger charge is 2.32. The van der Waals surface area contributed by atoms with Gasteiger partial charge in [0.2, 0.25) is 0 Å². The van der Waals surface area contributed by atoms with Gasteiger partial charge in [-0.1, -0.05) is 18.2 Å². The van der Waals surface area contributed by atoms with E-state index < -0.39 is 5.79 Å². The summed E-state index contributed by atoms with van der Waals surface area (Å²) in [5.74, 6) is 0.496. The number of benzene rings is 1. The van der Waals surface area contributed by atoms with E-state index in [4.69, 9.17) is 15.2 Å². The molecule has 5 heteroatoms. The van der Waals surface area contributed by atoms with E-state index in [2.05, 4.69) is 9.55 Å². The molecule has 0 saturated carbocycles. The molecule has 0 aliphatic carbocycles. The van der Waals surface area contributed by atoms with Gasteiger partial charge in [-0.15, -0.1) is 0 Å². The van der Waals surface area contributed by atoms with Gasteiger partial charge in [0.15, 0.2) is 5.79 Å². The molecule has 1 fully saturated rings. The fourth-order valence-electron chi connectivity index (χ4n) is 2.61. The van der Waals surface area contributed by atoms with E-state index in [0.29, 0.717) is 6.61 Å². The monoisotopic (exact) mass is 287 g/mol.